The van der Waals surface area contributed by atoms with Crippen molar-refractivity contribution in [3.8, 4) is 0 Å². The second-order valence-electron chi connectivity index (χ2n) is 22.1. The zero-order valence-corrected chi connectivity index (χ0v) is 47.8. The van der Waals surface area contributed by atoms with E-state index in [0.29, 0.717) is 19.3 Å². The fourth-order valence-electron chi connectivity index (χ4n) is 10.0. The van der Waals surface area contributed by atoms with Crippen molar-refractivity contribution < 1.29 is 28.6 Å². The number of carbonyl (C=O) groups is 3. The van der Waals surface area contributed by atoms with E-state index in [2.05, 4.69) is 20.8 Å². The summed E-state index contributed by atoms with van der Waals surface area (Å²) >= 11 is 0. The highest BCUT2D eigenvalue weighted by molar-refractivity contribution is 5.71. The van der Waals surface area contributed by atoms with Crippen molar-refractivity contribution in [2.45, 2.75) is 380 Å². The number of unbranched alkanes of at least 4 members (excludes halogenated alkanes) is 49. The van der Waals surface area contributed by atoms with E-state index in [4.69, 9.17) is 14.2 Å². The van der Waals surface area contributed by atoms with Crippen molar-refractivity contribution in [1.82, 2.24) is 0 Å². The van der Waals surface area contributed by atoms with Gasteiger partial charge in [0.1, 0.15) is 13.2 Å². The van der Waals surface area contributed by atoms with Crippen LogP contribution in [0.5, 0.6) is 0 Å². The fourth-order valence-corrected chi connectivity index (χ4v) is 10.0. The van der Waals surface area contributed by atoms with E-state index in [9.17, 15) is 14.4 Å². The van der Waals surface area contributed by atoms with Crippen molar-refractivity contribution in [3.05, 3.63) is 0 Å². The Morgan fingerprint density at radius 1 is 0.229 bits per heavy atom. The van der Waals surface area contributed by atoms with E-state index in [1.54, 1.807) is 0 Å². The average molecular weight is 990 g/mol. The first-order valence-corrected chi connectivity index (χ1v) is 32.0. The molecule has 1 atom stereocenters. The van der Waals surface area contributed by atoms with Crippen LogP contribution in [0.25, 0.3) is 0 Å². The van der Waals surface area contributed by atoms with Gasteiger partial charge in [0.05, 0.1) is 0 Å². The molecule has 0 heterocycles. The molecular formula is C64H124O6. The minimum atomic E-state index is -0.760. The van der Waals surface area contributed by atoms with Crippen LogP contribution >= 0.6 is 0 Å². The monoisotopic (exact) mass is 989 g/mol. The molecule has 0 aromatic carbocycles. The number of carbonyl (C=O) groups excluding carboxylic acids is 3. The van der Waals surface area contributed by atoms with Crippen molar-refractivity contribution >= 4 is 17.9 Å². The molecule has 0 aromatic rings. The normalized spacial score (nSPS) is 11.9. The third kappa shape index (κ3) is 57.3. The van der Waals surface area contributed by atoms with Gasteiger partial charge in [-0.25, -0.2) is 0 Å². The van der Waals surface area contributed by atoms with Gasteiger partial charge in [0.25, 0.3) is 0 Å². The summed E-state index contributed by atoms with van der Waals surface area (Å²) < 4.78 is 16.9. The molecule has 70 heavy (non-hydrogen) atoms. The number of ether oxygens (including phenoxy) is 3. The van der Waals surface area contributed by atoms with E-state index >= 15 is 0 Å². The van der Waals surface area contributed by atoms with Gasteiger partial charge in [0.2, 0.25) is 0 Å². The molecule has 6 heteroatoms. The minimum Gasteiger partial charge on any atom is -0.462 e. The van der Waals surface area contributed by atoms with E-state index < -0.39 is 6.10 Å². The van der Waals surface area contributed by atoms with Gasteiger partial charge in [-0.1, -0.05) is 335 Å². The zero-order chi connectivity index (χ0) is 50.7. The van der Waals surface area contributed by atoms with Gasteiger partial charge < -0.3 is 14.2 Å². The van der Waals surface area contributed by atoms with Crippen LogP contribution in [-0.4, -0.2) is 37.2 Å². The number of hydrogen-bond acceptors (Lipinski definition) is 6. The molecule has 0 saturated heterocycles. The molecule has 0 aliphatic rings. The predicted octanol–water partition coefficient (Wildman–Crippen LogP) is 21.5. The molecule has 0 radical (unpaired) electrons. The zero-order valence-electron chi connectivity index (χ0n) is 47.8. The Balaban J connectivity index is 4.02. The molecule has 0 spiro atoms. The lowest BCUT2D eigenvalue weighted by Gasteiger charge is -2.18. The van der Waals surface area contributed by atoms with Crippen LogP contribution in [0.15, 0.2) is 0 Å². The molecule has 0 rings (SSSR count). The Bertz CT molecular complexity index is 1040. The molecule has 416 valence electrons. The number of esters is 3. The topological polar surface area (TPSA) is 78.9 Å². The number of hydrogen-bond donors (Lipinski definition) is 0. The molecule has 0 N–H and O–H groups in total. The summed E-state index contributed by atoms with van der Waals surface area (Å²) in [7, 11) is 0. The molecule has 6 nitrogen and oxygen atoms in total. The molecule has 0 amide bonds. The highest BCUT2D eigenvalue weighted by atomic mass is 16.6. The lowest BCUT2D eigenvalue weighted by Crippen LogP contribution is -2.30. The Morgan fingerprint density at radius 2 is 0.386 bits per heavy atom. The van der Waals surface area contributed by atoms with E-state index in [1.807, 2.05) is 0 Å². The Morgan fingerprint density at radius 3 is 0.571 bits per heavy atom. The molecule has 0 aliphatic carbocycles. The smallest absolute Gasteiger partial charge is 0.306 e. The molecule has 0 bridgehead atoms. The molecule has 0 fully saturated rings. The Kier molecular flexibility index (Phi) is 58.6. The Labute approximate surface area is 438 Å². The SMILES string of the molecule is CCCCCCCCCCCCCCCCCCCCCCCCCCCCCCC(=O)OCC(COC(=O)CCCCCCCCCC)OC(=O)CCCCCCCCCCCCCCCCCC. The summed E-state index contributed by atoms with van der Waals surface area (Å²) in [6, 6.07) is 0. The van der Waals surface area contributed by atoms with Gasteiger partial charge in [-0.2, -0.15) is 0 Å². The van der Waals surface area contributed by atoms with Gasteiger partial charge in [0, 0.05) is 19.3 Å². The standard InChI is InChI=1S/C64H124O6/c1-4-7-10-13-16-19-21-23-25-27-28-29-30-31-32-33-34-35-36-37-38-40-41-43-45-48-51-54-57-63(66)69-60-61(59-68-62(65)56-53-50-47-18-15-12-9-6-3)70-64(67)58-55-52-49-46-44-42-39-26-24-22-20-17-14-11-8-5-2/h61H,4-60H2,1-3H3. The van der Waals surface area contributed by atoms with Gasteiger partial charge in [-0.3, -0.25) is 14.4 Å². The molecule has 0 saturated carbocycles. The van der Waals surface area contributed by atoms with Crippen molar-refractivity contribution in [3.63, 3.8) is 0 Å². The lowest BCUT2D eigenvalue weighted by molar-refractivity contribution is -0.167. The van der Waals surface area contributed by atoms with E-state index in [-0.39, 0.29) is 31.1 Å². The van der Waals surface area contributed by atoms with Gasteiger partial charge in [-0.15, -0.1) is 0 Å². The van der Waals surface area contributed by atoms with Crippen molar-refractivity contribution in [1.29, 1.82) is 0 Å². The summed E-state index contributed by atoms with van der Waals surface area (Å²) in [5, 5.41) is 0. The first-order chi connectivity index (χ1) is 34.5. The largest absolute Gasteiger partial charge is 0.462 e. The highest BCUT2D eigenvalue weighted by Crippen LogP contribution is 2.19. The molecule has 0 aromatic heterocycles. The Hall–Kier alpha value is -1.59. The quantitative estimate of drug-likeness (QED) is 0.0343. The van der Waals surface area contributed by atoms with Crippen LogP contribution in [0.4, 0.5) is 0 Å². The number of rotatable bonds is 60. The maximum atomic E-state index is 12.8. The van der Waals surface area contributed by atoms with Crippen LogP contribution in [-0.2, 0) is 28.6 Å². The van der Waals surface area contributed by atoms with Crippen LogP contribution in [0.3, 0.4) is 0 Å². The summed E-state index contributed by atoms with van der Waals surface area (Å²) in [6.07, 6.45) is 68.6. The van der Waals surface area contributed by atoms with Gasteiger partial charge >= 0.3 is 17.9 Å². The maximum Gasteiger partial charge on any atom is 0.306 e. The predicted molar refractivity (Wildman–Crippen MR) is 303 cm³/mol. The second kappa shape index (κ2) is 60.0. The first kappa shape index (κ1) is 68.4. The van der Waals surface area contributed by atoms with E-state index in [0.717, 1.165) is 57.8 Å². The molecule has 1 unspecified atom stereocenters. The van der Waals surface area contributed by atoms with Crippen LogP contribution in [0, 0.1) is 0 Å². The maximum absolute atomic E-state index is 12.8. The lowest BCUT2D eigenvalue weighted by atomic mass is 10.0. The summed E-state index contributed by atoms with van der Waals surface area (Å²) in [4.78, 5) is 38.1. The molecule has 0 aliphatic heterocycles. The van der Waals surface area contributed by atoms with Crippen LogP contribution in [0.2, 0.25) is 0 Å². The van der Waals surface area contributed by atoms with Gasteiger partial charge in [0.15, 0.2) is 6.10 Å². The second-order valence-corrected chi connectivity index (χ2v) is 22.1. The first-order valence-electron chi connectivity index (χ1n) is 32.0. The van der Waals surface area contributed by atoms with Crippen LogP contribution < -0.4 is 0 Å². The molecular weight excluding hydrogens is 865 g/mol. The summed E-state index contributed by atoms with van der Waals surface area (Å²) in [6.45, 7) is 6.69. The highest BCUT2D eigenvalue weighted by Gasteiger charge is 2.19. The minimum absolute atomic E-state index is 0.0614. The van der Waals surface area contributed by atoms with E-state index in [1.165, 1.54) is 276 Å². The summed E-state index contributed by atoms with van der Waals surface area (Å²) in [5.74, 6) is -0.836. The summed E-state index contributed by atoms with van der Waals surface area (Å²) in [5.41, 5.74) is 0. The third-order valence-corrected chi connectivity index (χ3v) is 14.9. The average Bonchev–Trinajstić information content (AvgIpc) is 3.36. The van der Waals surface area contributed by atoms with Crippen molar-refractivity contribution in [2.24, 2.45) is 0 Å². The fraction of sp³-hybridized carbons (Fsp3) is 0.953. The van der Waals surface area contributed by atoms with Crippen LogP contribution in [0.1, 0.15) is 374 Å². The third-order valence-electron chi connectivity index (χ3n) is 14.9. The van der Waals surface area contributed by atoms with Gasteiger partial charge in [-0.05, 0) is 19.3 Å². The van der Waals surface area contributed by atoms with Crippen molar-refractivity contribution in [2.75, 3.05) is 13.2 Å².